The van der Waals surface area contributed by atoms with Gasteiger partial charge in [0.15, 0.2) is 6.61 Å². The molecule has 0 atom stereocenters. The van der Waals surface area contributed by atoms with Gasteiger partial charge >= 0.3 is 0 Å². The number of ether oxygens (including phenoxy) is 1. The minimum absolute atomic E-state index is 0.0892. The Balaban J connectivity index is 1.70. The van der Waals surface area contributed by atoms with E-state index in [0.717, 1.165) is 17.2 Å². The van der Waals surface area contributed by atoms with E-state index >= 15 is 0 Å². The Labute approximate surface area is 218 Å². The van der Waals surface area contributed by atoms with Gasteiger partial charge in [-0.25, -0.2) is 5.43 Å². The third kappa shape index (κ3) is 7.20. The molecule has 180 valence electrons. The lowest BCUT2D eigenvalue weighted by Crippen LogP contribution is -2.21. The maximum Gasteiger partial charge on any atom is 0.271 e. The van der Waals surface area contributed by atoms with E-state index in [1.807, 2.05) is 32.0 Å². The molecule has 0 fully saturated rings. The second kappa shape index (κ2) is 11.7. The van der Waals surface area contributed by atoms with E-state index in [9.17, 15) is 19.7 Å². The largest absolute Gasteiger partial charge is 0.482 e. The van der Waals surface area contributed by atoms with Crippen LogP contribution in [0.2, 0.25) is 0 Å². The van der Waals surface area contributed by atoms with Crippen molar-refractivity contribution in [1.82, 2.24) is 5.43 Å². The molecule has 0 unspecified atom stereocenters. The van der Waals surface area contributed by atoms with Crippen molar-refractivity contribution in [3.63, 3.8) is 0 Å². The molecule has 2 amide bonds. The Morgan fingerprint density at radius 1 is 1.11 bits per heavy atom. The SMILES string of the molecule is Cc1ccc(NC(=O)COc2c(Br)cc(Br)cc2/C=N/NC(=O)c2cccc([N+](=O)[O-])c2)c(C)c1. The van der Waals surface area contributed by atoms with Crippen LogP contribution in [0.1, 0.15) is 27.0 Å². The second-order valence-electron chi connectivity index (χ2n) is 7.47. The molecule has 0 aliphatic heterocycles. The van der Waals surface area contributed by atoms with Crippen LogP contribution in [-0.4, -0.2) is 29.6 Å². The van der Waals surface area contributed by atoms with Crippen LogP contribution in [0.5, 0.6) is 5.75 Å². The number of anilines is 1. The first-order valence-corrected chi connectivity index (χ1v) is 11.8. The number of nitrogens with one attached hydrogen (secondary N) is 2. The Kier molecular flexibility index (Phi) is 8.72. The first kappa shape index (κ1) is 26.0. The Morgan fingerprint density at radius 3 is 2.60 bits per heavy atom. The van der Waals surface area contributed by atoms with Gasteiger partial charge in [0.25, 0.3) is 17.5 Å². The quantitative estimate of drug-likeness (QED) is 0.199. The van der Waals surface area contributed by atoms with Crippen LogP contribution in [0.3, 0.4) is 0 Å². The van der Waals surface area contributed by atoms with Crippen molar-refractivity contribution in [3.05, 3.63) is 95.9 Å². The van der Waals surface area contributed by atoms with Crippen LogP contribution < -0.4 is 15.5 Å². The van der Waals surface area contributed by atoms with Gasteiger partial charge in [-0.15, -0.1) is 0 Å². The lowest BCUT2D eigenvalue weighted by Gasteiger charge is -2.13. The summed E-state index contributed by atoms with van der Waals surface area (Å²) in [6.07, 6.45) is 1.35. The maximum atomic E-state index is 12.4. The normalized spacial score (nSPS) is 10.7. The summed E-state index contributed by atoms with van der Waals surface area (Å²) >= 11 is 6.80. The number of aryl methyl sites for hydroxylation is 2. The highest BCUT2D eigenvalue weighted by Crippen LogP contribution is 2.32. The summed E-state index contributed by atoms with van der Waals surface area (Å²) in [5, 5.41) is 17.7. The average Bonchev–Trinajstić information content (AvgIpc) is 2.80. The van der Waals surface area contributed by atoms with Crippen molar-refractivity contribution >= 4 is 61.3 Å². The monoisotopic (exact) mass is 602 g/mol. The number of rotatable bonds is 8. The lowest BCUT2D eigenvalue weighted by atomic mass is 10.1. The second-order valence-corrected chi connectivity index (χ2v) is 9.24. The predicted octanol–water partition coefficient (Wildman–Crippen LogP) is 5.52. The molecule has 11 heteroatoms. The summed E-state index contributed by atoms with van der Waals surface area (Å²) in [5.41, 5.74) is 5.43. The smallest absolute Gasteiger partial charge is 0.271 e. The summed E-state index contributed by atoms with van der Waals surface area (Å²) in [5.74, 6) is -0.611. The van der Waals surface area contributed by atoms with Crippen molar-refractivity contribution in [2.75, 3.05) is 11.9 Å². The van der Waals surface area contributed by atoms with E-state index in [1.165, 1.54) is 24.4 Å². The van der Waals surface area contributed by atoms with Gasteiger partial charge in [0.05, 0.1) is 15.6 Å². The minimum atomic E-state index is -0.616. The molecular formula is C24H20Br2N4O5. The van der Waals surface area contributed by atoms with Crippen LogP contribution in [0.15, 0.2) is 68.6 Å². The molecule has 0 radical (unpaired) electrons. The van der Waals surface area contributed by atoms with Crippen LogP contribution in [-0.2, 0) is 4.79 Å². The number of non-ortho nitro benzene ring substituents is 1. The summed E-state index contributed by atoms with van der Waals surface area (Å²) < 4.78 is 7.02. The number of hydrogen-bond acceptors (Lipinski definition) is 6. The van der Waals surface area contributed by atoms with E-state index in [-0.39, 0.29) is 23.8 Å². The molecule has 2 N–H and O–H groups in total. The zero-order chi connectivity index (χ0) is 25.5. The number of carbonyl (C=O) groups excluding carboxylic acids is 2. The van der Waals surface area contributed by atoms with E-state index in [2.05, 4.69) is 47.7 Å². The number of nitrogens with zero attached hydrogens (tertiary/aromatic N) is 2. The van der Waals surface area contributed by atoms with Crippen LogP contribution >= 0.6 is 31.9 Å². The number of amides is 2. The van der Waals surface area contributed by atoms with Crippen LogP contribution in [0.4, 0.5) is 11.4 Å². The number of carbonyl (C=O) groups is 2. The fourth-order valence-corrected chi connectivity index (χ4v) is 4.46. The summed E-state index contributed by atoms with van der Waals surface area (Å²) in [7, 11) is 0. The molecule has 0 aliphatic carbocycles. The van der Waals surface area contributed by atoms with Gasteiger partial charge in [-0.05, 0) is 59.6 Å². The number of nitro groups is 1. The highest BCUT2D eigenvalue weighted by Gasteiger charge is 2.14. The van der Waals surface area contributed by atoms with Gasteiger partial charge in [0, 0.05) is 33.4 Å². The fraction of sp³-hybridized carbons (Fsp3) is 0.125. The van der Waals surface area contributed by atoms with Crippen molar-refractivity contribution in [2.45, 2.75) is 13.8 Å². The molecular weight excluding hydrogens is 584 g/mol. The molecule has 0 saturated heterocycles. The van der Waals surface area contributed by atoms with Gasteiger partial charge in [-0.2, -0.15) is 5.10 Å². The molecule has 0 bridgehead atoms. The number of benzene rings is 3. The fourth-order valence-electron chi connectivity index (χ4n) is 3.09. The van der Waals surface area contributed by atoms with Crippen molar-refractivity contribution in [2.24, 2.45) is 5.10 Å². The molecule has 0 aromatic heterocycles. The molecule has 3 rings (SSSR count). The minimum Gasteiger partial charge on any atom is -0.482 e. The molecule has 0 spiro atoms. The molecule has 3 aromatic carbocycles. The van der Waals surface area contributed by atoms with E-state index in [0.29, 0.717) is 25.9 Å². The lowest BCUT2D eigenvalue weighted by molar-refractivity contribution is -0.384. The van der Waals surface area contributed by atoms with Gasteiger partial charge in [0.2, 0.25) is 0 Å². The van der Waals surface area contributed by atoms with Gasteiger partial charge < -0.3 is 10.1 Å². The van der Waals surface area contributed by atoms with E-state index in [4.69, 9.17) is 4.74 Å². The average molecular weight is 604 g/mol. The Bertz CT molecular complexity index is 1330. The van der Waals surface area contributed by atoms with Crippen molar-refractivity contribution < 1.29 is 19.2 Å². The third-order valence-corrected chi connectivity index (χ3v) is 5.78. The summed E-state index contributed by atoms with van der Waals surface area (Å²) in [6.45, 7) is 3.63. The van der Waals surface area contributed by atoms with Gasteiger partial charge in [-0.3, -0.25) is 19.7 Å². The number of hydrogen-bond donors (Lipinski definition) is 2. The summed E-state index contributed by atoms with van der Waals surface area (Å²) in [4.78, 5) is 35.1. The van der Waals surface area contributed by atoms with Crippen LogP contribution in [0, 0.1) is 24.0 Å². The Hall–Kier alpha value is -3.57. The Morgan fingerprint density at radius 2 is 1.89 bits per heavy atom. The topological polar surface area (TPSA) is 123 Å². The van der Waals surface area contributed by atoms with Crippen molar-refractivity contribution in [1.29, 1.82) is 0 Å². The number of halogens is 2. The first-order valence-electron chi connectivity index (χ1n) is 10.2. The van der Waals surface area contributed by atoms with Crippen molar-refractivity contribution in [3.8, 4) is 5.75 Å². The molecule has 3 aromatic rings. The van der Waals surface area contributed by atoms with E-state index in [1.54, 1.807) is 12.1 Å². The van der Waals surface area contributed by atoms with E-state index < -0.39 is 10.8 Å². The number of hydrazone groups is 1. The zero-order valence-electron chi connectivity index (χ0n) is 18.7. The summed E-state index contributed by atoms with van der Waals surface area (Å²) in [6, 6.07) is 14.5. The highest BCUT2D eigenvalue weighted by atomic mass is 79.9. The molecule has 0 heterocycles. The maximum absolute atomic E-state index is 12.4. The highest BCUT2D eigenvalue weighted by molar-refractivity contribution is 9.11. The third-order valence-electron chi connectivity index (χ3n) is 4.73. The zero-order valence-corrected chi connectivity index (χ0v) is 21.8. The standard InChI is InChI=1S/C24H20Br2N4O5/c1-14-6-7-21(15(2)8-14)28-22(31)13-35-23-17(9-18(25)11-20(23)26)12-27-29-24(32)16-4-3-5-19(10-16)30(33)34/h3-12H,13H2,1-2H3,(H,28,31)(H,29,32)/b27-12+. The first-order chi connectivity index (χ1) is 16.6. The predicted molar refractivity (Wildman–Crippen MR) is 140 cm³/mol. The van der Waals surface area contributed by atoms with Gasteiger partial charge in [-0.1, -0.05) is 39.7 Å². The van der Waals surface area contributed by atoms with Crippen LogP contribution in [0.25, 0.3) is 0 Å². The molecule has 35 heavy (non-hydrogen) atoms. The van der Waals surface area contributed by atoms with Gasteiger partial charge in [0.1, 0.15) is 5.75 Å². The molecule has 9 nitrogen and oxygen atoms in total. The number of nitro benzene ring substituents is 1. The molecule has 0 saturated carbocycles. The molecule has 0 aliphatic rings.